The molecule has 0 aliphatic carbocycles. The van der Waals surface area contributed by atoms with Crippen LogP contribution in [0.3, 0.4) is 0 Å². The molecular formula is C16H32N4O4S. The number of nitrogens with zero attached hydrogens (tertiary/aromatic N) is 3. The van der Waals surface area contributed by atoms with Crippen molar-refractivity contribution in [1.82, 2.24) is 15.1 Å². The summed E-state index contributed by atoms with van der Waals surface area (Å²) in [6.07, 6.45) is 2.37. The van der Waals surface area contributed by atoms with Crippen LogP contribution in [0.5, 0.6) is 0 Å². The van der Waals surface area contributed by atoms with Gasteiger partial charge in [-0.05, 0) is 13.3 Å². The van der Waals surface area contributed by atoms with Crippen molar-refractivity contribution in [2.75, 3.05) is 77.7 Å². The van der Waals surface area contributed by atoms with Gasteiger partial charge in [0.15, 0.2) is 5.96 Å². The largest absolute Gasteiger partial charge is 0.379 e. The highest BCUT2D eigenvalue weighted by atomic mass is 32.2. The van der Waals surface area contributed by atoms with Crippen LogP contribution in [0.15, 0.2) is 4.99 Å². The van der Waals surface area contributed by atoms with Crippen molar-refractivity contribution in [2.45, 2.75) is 19.4 Å². The Balaban J connectivity index is 1.75. The molecule has 0 bridgehead atoms. The third-order valence-electron chi connectivity index (χ3n) is 4.46. The molecule has 1 unspecified atom stereocenters. The molecule has 2 rings (SSSR count). The Morgan fingerprint density at radius 3 is 2.72 bits per heavy atom. The van der Waals surface area contributed by atoms with Crippen molar-refractivity contribution in [3.05, 3.63) is 0 Å². The molecule has 25 heavy (non-hydrogen) atoms. The van der Waals surface area contributed by atoms with Gasteiger partial charge in [0.05, 0.1) is 38.7 Å². The van der Waals surface area contributed by atoms with E-state index in [4.69, 9.17) is 9.47 Å². The molecule has 0 aromatic carbocycles. The number of aliphatic imine (C=N–C) groups is 1. The highest BCUT2D eigenvalue weighted by molar-refractivity contribution is 7.90. The molecular weight excluding hydrogens is 344 g/mol. The van der Waals surface area contributed by atoms with Gasteiger partial charge in [-0.15, -0.1) is 0 Å². The van der Waals surface area contributed by atoms with E-state index in [9.17, 15) is 8.42 Å². The molecule has 2 heterocycles. The SMILES string of the molecule is CCNC(=NCCOCCS(C)(=O)=O)N1CCC(N2CCOCC2)C1. The van der Waals surface area contributed by atoms with Gasteiger partial charge in [0.25, 0.3) is 0 Å². The molecule has 146 valence electrons. The van der Waals surface area contributed by atoms with Gasteiger partial charge in [0.1, 0.15) is 9.84 Å². The van der Waals surface area contributed by atoms with E-state index >= 15 is 0 Å². The minimum Gasteiger partial charge on any atom is -0.379 e. The second-order valence-electron chi connectivity index (χ2n) is 6.51. The average Bonchev–Trinajstić information content (AvgIpc) is 3.07. The molecule has 8 nitrogen and oxygen atoms in total. The van der Waals surface area contributed by atoms with Crippen LogP contribution in [-0.2, 0) is 19.3 Å². The molecule has 2 fully saturated rings. The van der Waals surface area contributed by atoms with E-state index in [1.807, 2.05) is 0 Å². The van der Waals surface area contributed by atoms with Crippen molar-refractivity contribution < 1.29 is 17.9 Å². The van der Waals surface area contributed by atoms with Crippen molar-refractivity contribution in [1.29, 1.82) is 0 Å². The van der Waals surface area contributed by atoms with Gasteiger partial charge < -0.3 is 19.7 Å². The minimum absolute atomic E-state index is 0.0597. The van der Waals surface area contributed by atoms with Crippen molar-refractivity contribution in [2.24, 2.45) is 4.99 Å². The molecule has 1 atom stereocenters. The number of sulfone groups is 1. The lowest BCUT2D eigenvalue weighted by atomic mass is 10.2. The van der Waals surface area contributed by atoms with Gasteiger partial charge in [-0.3, -0.25) is 9.89 Å². The monoisotopic (exact) mass is 376 g/mol. The standard InChI is InChI=1S/C16H32N4O4S/c1-3-17-16(18-5-9-23-12-13-25(2,21)22)20-6-4-15(14-20)19-7-10-24-11-8-19/h15H,3-14H2,1-2H3,(H,17,18). The zero-order valence-electron chi connectivity index (χ0n) is 15.4. The molecule has 0 amide bonds. The summed E-state index contributed by atoms with van der Waals surface area (Å²) in [4.78, 5) is 9.44. The van der Waals surface area contributed by atoms with Crippen LogP contribution < -0.4 is 5.32 Å². The lowest BCUT2D eigenvalue weighted by molar-refractivity contribution is 0.0195. The van der Waals surface area contributed by atoms with Gasteiger partial charge in [0, 0.05) is 45.0 Å². The van der Waals surface area contributed by atoms with E-state index in [1.165, 1.54) is 6.26 Å². The van der Waals surface area contributed by atoms with Gasteiger partial charge in [-0.1, -0.05) is 0 Å². The van der Waals surface area contributed by atoms with Crippen LogP contribution in [0.1, 0.15) is 13.3 Å². The molecule has 1 N–H and O–H groups in total. The zero-order chi connectivity index (χ0) is 18.1. The number of nitrogens with one attached hydrogen (secondary N) is 1. The Morgan fingerprint density at radius 2 is 2.04 bits per heavy atom. The first kappa shape index (κ1) is 20.4. The summed E-state index contributed by atoms with van der Waals surface area (Å²) >= 11 is 0. The predicted molar refractivity (Wildman–Crippen MR) is 98.9 cm³/mol. The summed E-state index contributed by atoms with van der Waals surface area (Å²) < 4.78 is 32.9. The lowest BCUT2D eigenvalue weighted by Crippen LogP contribution is -2.46. The lowest BCUT2D eigenvalue weighted by Gasteiger charge is -2.32. The van der Waals surface area contributed by atoms with Crippen molar-refractivity contribution >= 4 is 15.8 Å². The Morgan fingerprint density at radius 1 is 1.28 bits per heavy atom. The molecule has 2 aliphatic heterocycles. The molecule has 0 saturated carbocycles. The van der Waals surface area contributed by atoms with Gasteiger partial charge in [-0.25, -0.2) is 8.42 Å². The minimum atomic E-state index is -2.96. The number of likely N-dealkylation sites (tertiary alicyclic amines) is 1. The smallest absolute Gasteiger partial charge is 0.194 e. The molecule has 0 spiro atoms. The molecule has 2 aliphatic rings. The average molecular weight is 377 g/mol. The van der Waals surface area contributed by atoms with Gasteiger partial charge in [0.2, 0.25) is 0 Å². The molecule has 2 saturated heterocycles. The van der Waals surface area contributed by atoms with Crippen molar-refractivity contribution in [3.8, 4) is 0 Å². The van der Waals surface area contributed by atoms with E-state index in [0.717, 1.165) is 58.3 Å². The first-order chi connectivity index (χ1) is 12.0. The topological polar surface area (TPSA) is 83.5 Å². The van der Waals surface area contributed by atoms with E-state index in [-0.39, 0.29) is 12.4 Å². The number of ether oxygens (including phenoxy) is 2. The number of rotatable bonds is 8. The Bertz CT molecular complexity index is 520. The Hall–Kier alpha value is -0.900. The fourth-order valence-corrected chi connectivity index (χ4v) is 3.55. The fourth-order valence-electron chi connectivity index (χ4n) is 3.13. The summed E-state index contributed by atoms with van der Waals surface area (Å²) in [7, 11) is -2.96. The van der Waals surface area contributed by atoms with Crippen LogP contribution in [0, 0.1) is 0 Å². The Labute approximate surface area is 151 Å². The first-order valence-corrected chi connectivity index (χ1v) is 11.2. The normalized spacial score (nSPS) is 23.2. The molecule has 0 aromatic heterocycles. The zero-order valence-corrected chi connectivity index (χ0v) is 16.3. The summed E-state index contributed by atoms with van der Waals surface area (Å²) in [5.41, 5.74) is 0. The Kier molecular flexibility index (Phi) is 8.41. The molecule has 9 heteroatoms. The van der Waals surface area contributed by atoms with E-state index in [2.05, 4.69) is 27.0 Å². The maximum Gasteiger partial charge on any atom is 0.194 e. The summed E-state index contributed by atoms with van der Waals surface area (Å²) in [5, 5.41) is 3.34. The second-order valence-corrected chi connectivity index (χ2v) is 8.77. The van der Waals surface area contributed by atoms with Crippen LogP contribution in [-0.4, -0.2) is 108 Å². The first-order valence-electron chi connectivity index (χ1n) is 9.10. The van der Waals surface area contributed by atoms with Gasteiger partial charge >= 0.3 is 0 Å². The summed E-state index contributed by atoms with van der Waals surface area (Å²) in [6, 6.07) is 0.568. The van der Waals surface area contributed by atoms with E-state index in [1.54, 1.807) is 0 Å². The van der Waals surface area contributed by atoms with Crippen LogP contribution in [0.2, 0.25) is 0 Å². The van der Waals surface area contributed by atoms with Crippen LogP contribution in [0.4, 0.5) is 0 Å². The van der Waals surface area contributed by atoms with E-state index < -0.39 is 9.84 Å². The van der Waals surface area contributed by atoms with Gasteiger partial charge in [-0.2, -0.15) is 0 Å². The van der Waals surface area contributed by atoms with Crippen LogP contribution in [0.25, 0.3) is 0 Å². The molecule has 0 aromatic rings. The second kappa shape index (κ2) is 10.3. The highest BCUT2D eigenvalue weighted by Gasteiger charge is 2.30. The number of hydrogen-bond acceptors (Lipinski definition) is 6. The number of morpholine rings is 1. The van der Waals surface area contributed by atoms with E-state index in [0.29, 0.717) is 19.2 Å². The van der Waals surface area contributed by atoms with Crippen LogP contribution >= 0.6 is 0 Å². The predicted octanol–water partition coefficient (Wildman–Crippen LogP) is -0.580. The highest BCUT2D eigenvalue weighted by Crippen LogP contribution is 2.17. The van der Waals surface area contributed by atoms with Crippen molar-refractivity contribution in [3.63, 3.8) is 0 Å². The number of guanidine groups is 1. The summed E-state index contributed by atoms with van der Waals surface area (Å²) in [5.74, 6) is 0.981. The maximum atomic E-state index is 11.1. The third-order valence-corrected chi connectivity index (χ3v) is 5.36. The number of hydrogen-bond donors (Lipinski definition) is 1. The fraction of sp³-hybridized carbons (Fsp3) is 0.938. The summed E-state index contributed by atoms with van der Waals surface area (Å²) in [6.45, 7) is 9.76. The third kappa shape index (κ3) is 7.47. The quantitative estimate of drug-likeness (QED) is 0.345. The maximum absolute atomic E-state index is 11.1. The molecule has 0 radical (unpaired) electrons.